The standard InChI is InChI=1S/C26H25N3O/c1-16-10-12-20(13-11-16)27-28-24-21-8-6-7-9-22(21)29(5)25(24)26(30)23-18(3)14-17(2)15-19(23)4/h6-15H,1-5H3/b28-27+. The molecule has 30 heavy (non-hydrogen) atoms. The minimum atomic E-state index is -0.0263. The van der Waals surface area contributed by atoms with Crippen molar-refractivity contribution in [1.82, 2.24) is 4.57 Å². The van der Waals surface area contributed by atoms with E-state index in [0.29, 0.717) is 11.4 Å². The highest BCUT2D eigenvalue weighted by Gasteiger charge is 2.24. The fourth-order valence-electron chi connectivity index (χ4n) is 4.11. The van der Waals surface area contributed by atoms with E-state index in [1.165, 1.54) is 5.56 Å². The minimum absolute atomic E-state index is 0.0263. The second-order valence-electron chi connectivity index (χ2n) is 7.91. The van der Waals surface area contributed by atoms with Gasteiger partial charge < -0.3 is 4.57 Å². The quantitative estimate of drug-likeness (QED) is 0.269. The van der Waals surface area contributed by atoms with Crippen molar-refractivity contribution in [3.05, 3.63) is 94.2 Å². The van der Waals surface area contributed by atoms with Crippen molar-refractivity contribution >= 4 is 28.1 Å². The fraction of sp³-hybridized carbons (Fsp3) is 0.192. The van der Waals surface area contributed by atoms with Crippen molar-refractivity contribution in [2.75, 3.05) is 0 Å². The number of ketones is 1. The summed E-state index contributed by atoms with van der Waals surface area (Å²) in [7, 11) is 1.92. The number of nitrogens with zero attached hydrogens (tertiary/aromatic N) is 3. The number of aromatic nitrogens is 1. The monoisotopic (exact) mass is 395 g/mol. The van der Waals surface area contributed by atoms with Gasteiger partial charge in [-0.15, -0.1) is 5.11 Å². The molecule has 4 heteroatoms. The van der Waals surface area contributed by atoms with E-state index in [0.717, 1.165) is 38.8 Å². The van der Waals surface area contributed by atoms with Crippen LogP contribution in [-0.4, -0.2) is 10.4 Å². The van der Waals surface area contributed by atoms with Gasteiger partial charge in [0.15, 0.2) is 0 Å². The Bertz CT molecular complexity index is 1270. The number of fused-ring (bicyclic) bond motifs is 1. The van der Waals surface area contributed by atoms with Gasteiger partial charge in [0.1, 0.15) is 11.4 Å². The molecule has 0 aliphatic carbocycles. The molecule has 0 aliphatic heterocycles. The first-order valence-electron chi connectivity index (χ1n) is 10.0. The topological polar surface area (TPSA) is 46.7 Å². The molecular formula is C26H25N3O. The van der Waals surface area contributed by atoms with Crippen LogP contribution in [0.2, 0.25) is 0 Å². The van der Waals surface area contributed by atoms with Crippen LogP contribution in [0.5, 0.6) is 0 Å². The van der Waals surface area contributed by atoms with Crippen molar-refractivity contribution < 1.29 is 4.79 Å². The smallest absolute Gasteiger partial charge is 0.212 e. The average molecular weight is 396 g/mol. The van der Waals surface area contributed by atoms with Crippen LogP contribution in [-0.2, 0) is 7.05 Å². The van der Waals surface area contributed by atoms with Crippen molar-refractivity contribution in [2.24, 2.45) is 17.3 Å². The molecule has 0 unspecified atom stereocenters. The van der Waals surface area contributed by atoms with Gasteiger partial charge >= 0.3 is 0 Å². The molecule has 4 nitrogen and oxygen atoms in total. The van der Waals surface area contributed by atoms with E-state index >= 15 is 0 Å². The maximum absolute atomic E-state index is 13.7. The molecule has 4 aromatic rings. The van der Waals surface area contributed by atoms with E-state index in [4.69, 9.17) is 0 Å². The molecule has 0 fully saturated rings. The number of azo groups is 1. The maximum atomic E-state index is 13.7. The predicted molar refractivity (Wildman–Crippen MR) is 122 cm³/mol. The van der Waals surface area contributed by atoms with Gasteiger partial charge in [-0.2, -0.15) is 5.11 Å². The summed E-state index contributed by atoms with van der Waals surface area (Å²) in [6.07, 6.45) is 0. The van der Waals surface area contributed by atoms with Crippen LogP contribution >= 0.6 is 0 Å². The van der Waals surface area contributed by atoms with Crippen molar-refractivity contribution in [2.45, 2.75) is 27.7 Å². The van der Waals surface area contributed by atoms with Gasteiger partial charge in [0, 0.05) is 18.0 Å². The Morgan fingerprint density at radius 3 is 2.10 bits per heavy atom. The predicted octanol–water partition coefficient (Wildman–Crippen LogP) is 7.06. The highest BCUT2D eigenvalue weighted by Crippen LogP contribution is 2.36. The number of carbonyl (C=O) groups excluding carboxylic acids is 1. The third-order valence-electron chi connectivity index (χ3n) is 5.50. The lowest BCUT2D eigenvalue weighted by atomic mass is 9.94. The van der Waals surface area contributed by atoms with Gasteiger partial charge in [0.05, 0.1) is 11.2 Å². The van der Waals surface area contributed by atoms with Crippen molar-refractivity contribution in [3.63, 3.8) is 0 Å². The Morgan fingerprint density at radius 1 is 0.800 bits per heavy atom. The maximum Gasteiger partial charge on any atom is 0.212 e. The molecule has 0 radical (unpaired) electrons. The van der Waals surface area contributed by atoms with Crippen molar-refractivity contribution in [1.29, 1.82) is 0 Å². The summed E-state index contributed by atoms with van der Waals surface area (Å²) >= 11 is 0. The van der Waals surface area contributed by atoms with Gasteiger partial charge in [0.25, 0.3) is 0 Å². The summed E-state index contributed by atoms with van der Waals surface area (Å²) in [5.74, 6) is -0.0263. The van der Waals surface area contributed by atoms with E-state index in [-0.39, 0.29) is 5.78 Å². The molecule has 1 heterocycles. The molecule has 0 bridgehead atoms. The number of hydrogen-bond acceptors (Lipinski definition) is 3. The number of rotatable bonds is 4. The largest absolute Gasteiger partial charge is 0.339 e. The van der Waals surface area contributed by atoms with Crippen LogP contribution < -0.4 is 0 Å². The molecule has 0 spiro atoms. The number of para-hydroxylation sites is 1. The van der Waals surface area contributed by atoms with E-state index < -0.39 is 0 Å². The minimum Gasteiger partial charge on any atom is -0.339 e. The van der Waals surface area contributed by atoms with Crippen LogP contribution in [0.3, 0.4) is 0 Å². The first kappa shape index (κ1) is 19.8. The first-order chi connectivity index (χ1) is 14.4. The number of aryl methyl sites for hydroxylation is 5. The Kier molecular flexibility index (Phi) is 5.08. The van der Waals surface area contributed by atoms with Crippen LogP contribution in [0, 0.1) is 27.7 Å². The van der Waals surface area contributed by atoms with Crippen LogP contribution in [0.15, 0.2) is 70.9 Å². The van der Waals surface area contributed by atoms with Crippen LogP contribution in [0.1, 0.15) is 38.3 Å². The van der Waals surface area contributed by atoms with Gasteiger partial charge in [-0.25, -0.2) is 0 Å². The molecule has 0 aliphatic rings. The third kappa shape index (κ3) is 3.45. The van der Waals surface area contributed by atoms with E-state index in [1.54, 1.807) is 0 Å². The second kappa shape index (κ2) is 7.71. The normalized spacial score (nSPS) is 11.5. The average Bonchev–Trinajstić information content (AvgIpc) is 2.99. The Balaban J connectivity index is 1.92. The lowest BCUT2D eigenvalue weighted by Gasteiger charge is -2.12. The zero-order valence-corrected chi connectivity index (χ0v) is 18.0. The van der Waals surface area contributed by atoms with Gasteiger partial charge in [-0.1, -0.05) is 53.6 Å². The Labute approximate surface area is 176 Å². The molecule has 4 rings (SSSR count). The molecule has 150 valence electrons. The molecule has 0 amide bonds. The summed E-state index contributed by atoms with van der Waals surface area (Å²) in [4.78, 5) is 13.7. The molecule has 0 N–H and O–H groups in total. The van der Waals surface area contributed by atoms with Gasteiger partial charge in [-0.3, -0.25) is 4.79 Å². The molecule has 0 atom stereocenters. The van der Waals surface area contributed by atoms with Gasteiger partial charge in [-0.05, 0) is 57.0 Å². The molecule has 3 aromatic carbocycles. The molecule has 0 saturated heterocycles. The second-order valence-corrected chi connectivity index (χ2v) is 7.91. The SMILES string of the molecule is Cc1ccc(/N=N/c2c(C(=O)c3c(C)cc(C)cc3C)n(C)c3ccccc23)cc1. The number of hydrogen-bond donors (Lipinski definition) is 0. The highest BCUT2D eigenvalue weighted by molar-refractivity contribution is 6.17. The van der Waals surface area contributed by atoms with Crippen molar-refractivity contribution in [3.8, 4) is 0 Å². The Hall–Kier alpha value is -3.53. The molecule has 0 saturated carbocycles. The highest BCUT2D eigenvalue weighted by atomic mass is 16.1. The summed E-state index contributed by atoms with van der Waals surface area (Å²) in [5.41, 5.74) is 7.89. The van der Waals surface area contributed by atoms with E-state index in [9.17, 15) is 4.79 Å². The summed E-state index contributed by atoms with van der Waals surface area (Å²) in [6, 6.07) is 19.9. The van der Waals surface area contributed by atoms with E-state index in [2.05, 4.69) is 22.4 Å². The number of carbonyl (C=O) groups is 1. The zero-order valence-electron chi connectivity index (χ0n) is 18.0. The van der Waals surface area contributed by atoms with Crippen LogP contribution in [0.25, 0.3) is 10.9 Å². The first-order valence-corrected chi connectivity index (χ1v) is 10.0. The lowest BCUT2D eigenvalue weighted by Crippen LogP contribution is -2.11. The summed E-state index contributed by atoms with van der Waals surface area (Å²) < 4.78 is 1.93. The van der Waals surface area contributed by atoms with E-state index in [1.807, 2.05) is 87.8 Å². The van der Waals surface area contributed by atoms with Crippen LogP contribution in [0.4, 0.5) is 11.4 Å². The lowest BCUT2D eigenvalue weighted by molar-refractivity contribution is 0.103. The molecular weight excluding hydrogens is 370 g/mol. The van der Waals surface area contributed by atoms with Gasteiger partial charge in [0.2, 0.25) is 5.78 Å². The number of benzene rings is 3. The zero-order chi connectivity index (χ0) is 21.4. The summed E-state index contributed by atoms with van der Waals surface area (Å²) in [6.45, 7) is 8.06. The Morgan fingerprint density at radius 2 is 1.43 bits per heavy atom. The summed E-state index contributed by atoms with van der Waals surface area (Å²) in [5, 5.41) is 9.92. The molecule has 1 aromatic heterocycles. The third-order valence-corrected chi connectivity index (χ3v) is 5.50. The fourth-order valence-corrected chi connectivity index (χ4v) is 4.11.